The average molecular weight is 766 g/mol. The first-order valence-corrected chi connectivity index (χ1v) is 19.6. The fraction of sp³-hybridized carbons (Fsp3) is 0.333. The highest BCUT2D eigenvalue weighted by atomic mass is 16.2. The average Bonchev–Trinajstić information content (AvgIpc) is 3.84. The summed E-state index contributed by atoms with van der Waals surface area (Å²) in [4.78, 5) is 59.0. The second kappa shape index (κ2) is 15.7. The first-order chi connectivity index (χ1) is 27.3. The lowest BCUT2D eigenvalue weighted by atomic mass is 10.0. The number of nitrogens with zero attached hydrogens (tertiary/aromatic N) is 6. The van der Waals surface area contributed by atoms with Gasteiger partial charge in [0.25, 0.3) is 17.7 Å². The Morgan fingerprint density at radius 1 is 0.421 bits per heavy atom. The van der Waals surface area contributed by atoms with Gasteiger partial charge in [-0.1, -0.05) is 96.1 Å². The van der Waals surface area contributed by atoms with Crippen molar-refractivity contribution in [2.24, 2.45) is 17.8 Å². The Labute approximate surface area is 333 Å². The molecule has 3 amide bonds. The first kappa shape index (κ1) is 39.0. The van der Waals surface area contributed by atoms with Crippen molar-refractivity contribution in [2.45, 2.75) is 80.4 Å². The van der Waals surface area contributed by atoms with Gasteiger partial charge in [0, 0.05) is 17.1 Å². The minimum absolute atomic E-state index is 0.137. The van der Waals surface area contributed by atoms with Gasteiger partial charge in [-0.25, -0.2) is 15.0 Å². The van der Waals surface area contributed by atoms with Crippen LogP contribution in [0, 0.1) is 38.5 Å². The third-order valence-corrected chi connectivity index (χ3v) is 10.8. The number of carbonyl (C=O) groups is 3. The molecule has 0 saturated carbocycles. The third-order valence-electron chi connectivity index (χ3n) is 10.8. The summed E-state index contributed by atoms with van der Waals surface area (Å²) in [5, 5.41) is 9.80. The number of fused-ring (bicyclic) bond motifs is 6. The number of para-hydroxylation sites is 3. The SMILES string of the molecule is Cc1c2nc(n1-c1ccccc1)[C@H](C(C)C)NC(=O)c1nc(n(-c3ccccc3)c1C)[C@H](C(C)C)NC(=O)c1nc(n(-c3ccccc3)c1C)[C@H](C(C)C)NC2=O. The van der Waals surface area contributed by atoms with Gasteiger partial charge in [-0.2, -0.15) is 0 Å². The van der Waals surface area contributed by atoms with E-state index in [4.69, 9.17) is 15.0 Å². The van der Waals surface area contributed by atoms with Crippen molar-refractivity contribution in [1.29, 1.82) is 0 Å². The smallest absolute Gasteiger partial charge is 0.272 e. The van der Waals surface area contributed by atoms with Gasteiger partial charge in [0.1, 0.15) is 34.6 Å². The molecule has 1 aliphatic rings. The molecule has 12 nitrogen and oxygen atoms in total. The van der Waals surface area contributed by atoms with Crippen molar-refractivity contribution >= 4 is 17.7 Å². The molecule has 4 heterocycles. The Hall–Kier alpha value is -6.30. The molecule has 6 bridgehead atoms. The maximum absolute atomic E-state index is 14.6. The number of imidazole rings is 3. The van der Waals surface area contributed by atoms with Gasteiger partial charge in [0.05, 0.1) is 35.2 Å². The zero-order valence-corrected chi connectivity index (χ0v) is 34.0. The zero-order valence-electron chi connectivity index (χ0n) is 34.0. The van der Waals surface area contributed by atoms with Gasteiger partial charge in [-0.05, 0) is 74.9 Å². The summed E-state index contributed by atoms with van der Waals surface area (Å²) in [6, 6.07) is 27.3. The summed E-state index contributed by atoms with van der Waals surface area (Å²) in [5.74, 6) is -0.0475. The summed E-state index contributed by atoms with van der Waals surface area (Å²) in [6.07, 6.45) is 0. The van der Waals surface area contributed by atoms with E-state index in [2.05, 4.69) is 16.0 Å². The quantitative estimate of drug-likeness (QED) is 0.158. The Balaban J connectivity index is 1.52. The van der Waals surface area contributed by atoms with E-state index in [1.165, 1.54) is 0 Å². The van der Waals surface area contributed by atoms with Crippen molar-refractivity contribution in [3.05, 3.63) is 143 Å². The molecule has 3 N–H and O–H groups in total. The van der Waals surface area contributed by atoms with Crippen molar-refractivity contribution in [1.82, 2.24) is 44.6 Å². The predicted octanol–water partition coefficient (Wildman–Crippen LogP) is 7.86. The zero-order chi connectivity index (χ0) is 40.7. The van der Waals surface area contributed by atoms with Gasteiger partial charge in [-0.3, -0.25) is 28.1 Å². The van der Waals surface area contributed by atoms with E-state index in [1.807, 2.05) is 167 Å². The molecule has 57 heavy (non-hydrogen) atoms. The topological polar surface area (TPSA) is 141 Å². The molecule has 3 aromatic heterocycles. The van der Waals surface area contributed by atoms with Crippen LogP contribution in [0.5, 0.6) is 0 Å². The van der Waals surface area contributed by atoms with E-state index in [1.54, 1.807) is 0 Å². The number of carbonyl (C=O) groups excluding carboxylic acids is 3. The van der Waals surface area contributed by atoms with E-state index >= 15 is 0 Å². The largest absolute Gasteiger partial charge is 0.340 e. The molecule has 3 atom stereocenters. The number of hydrogen-bond donors (Lipinski definition) is 3. The molecule has 0 fully saturated rings. The molecule has 0 aliphatic carbocycles. The van der Waals surface area contributed by atoms with Crippen LogP contribution in [0.2, 0.25) is 0 Å². The summed E-state index contributed by atoms with van der Waals surface area (Å²) in [6.45, 7) is 17.7. The van der Waals surface area contributed by atoms with Crippen molar-refractivity contribution in [2.75, 3.05) is 0 Å². The Bertz CT molecular complexity index is 2160. The van der Waals surface area contributed by atoms with Gasteiger partial charge in [0.15, 0.2) is 0 Å². The maximum atomic E-state index is 14.6. The van der Waals surface area contributed by atoms with Crippen molar-refractivity contribution in [3.63, 3.8) is 0 Å². The van der Waals surface area contributed by atoms with E-state index in [-0.39, 0.29) is 34.8 Å². The highest BCUT2D eigenvalue weighted by molar-refractivity contribution is 5.96. The highest BCUT2D eigenvalue weighted by Gasteiger charge is 2.36. The van der Waals surface area contributed by atoms with Gasteiger partial charge < -0.3 is 16.0 Å². The van der Waals surface area contributed by atoms with Crippen LogP contribution in [0.4, 0.5) is 0 Å². The number of hydrogen-bond acceptors (Lipinski definition) is 6. The van der Waals surface area contributed by atoms with Crippen molar-refractivity contribution in [3.8, 4) is 17.1 Å². The van der Waals surface area contributed by atoms with E-state index in [0.29, 0.717) is 34.6 Å². The molecule has 0 radical (unpaired) electrons. The molecule has 6 aromatic rings. The summed E-state index contributed by atoms with van der Waals surface area (Å²) in [7, 11) is 0. The molecule has 1 aliphatic heterocycles. The molecular formula is C45H51N9O3. The molecule has 7 rings (SSSR count). The standard InChI is InChI=1S/C45H51N9O3/c1-25(2)34-40-46-38(28(7)52(40)31-19-13-10-14-20-31)44(56)50-36(27(5)6)42-48-39(30(9)54(42)33-23-17-12-18-24-33)45(57)51-35(26(3)4)41-47-37(43(55)49-34)29(8)53(41)32-21-15-11-16-22-32/h10-27,34-36H,1-9H3,(H,49,55)(H,50,56)(H,51,57)/t34-,35-,36-/m0/s1. The minimum Gasteiger partial charge on any atom is -0.340 e. The number of amides is 3. The van der Waals surface area contributed by atoms with Crippen LogP contribution < -0.4 is 16.0 Å². The van der Waals surface area contributed by atoms with Crippen LogP contribution in [0.25, 0.3) is 17.1 Å². The monoisotopic (exact) mass is 765 g/mol. The lowest BCUT2D eigenvalue weighted by Gasteiger charge is -2.23. The normalized spacial score (nSPS) is 17.7. The van der Waals surface area contributed by atoms with Crippen LogP contribution in [-0.2, 0) is 0 Å². The second-order valence-corrected chi connectivity index (χ2v) is 15.8. The second-order valence-electron chi connectivity index (χ2n) is 15.8. The summed E-state index contributed by atoms with van der Waals surface area (Å²) in [5.41, 5.74) is 4.92. The minimum atomic E-state index is -0.620. The summed E-state index contributed by atoms with van der Waals surface area (Å²) < 4.78 is 5.84. The number of rotatable bonds is 6. The molecule has 0 spiro atoms. The summed E-state index contributed by atoms with van der Waals surface area (Å²) >= 11 is 0. The van der Waals surface area contributed by atoms with E-state index < -0.39 is 35.8 Å². The third kappa shape index (κ3) is 7.16. The van der Waals surface area contributed by atoms with E-state index in [9.17, 15) is 14.4 Å². The molecule has 3 aromatic carbocycles. The maximum Gasteiger partial charge on any atom is 0.272 e. The lowest BCUT2D eigenvalue weighted by molar-refractivity contribution is 0.0913. The molecular weight excluding hydrogens is 715 g/mol. The highest BCUT2D eigenvalue weighted by Crippen LogP contribution is 2.33. The Morgan fingerprint density at radius 2 is 0.649 bits per heavy atom. The van der Waals surface area contributed by atoms with Crippen LogP contribution in [0.1, 0.15) is 126 Å². The molecule has 0 unspecified atom stereocenters. The van der Waals surface area contributed by atoms with Crippen LogP contribution in [-0.4, -0.2) is 46.4 Å². The Morgan fingerprint density at radius 3 is 0.860 bits per heavy atom. The number of nitrogens with one attached hydrogen (secondary N) is 3. The van der Waals surface area contributed by atoms with Crippen LogP contribution in [0.3, 0.4) is 0 Å². The fourth-order valence-electron chi connectivity index (χ4n) is 7.77. The molecule has 294 valence electrons. The molecule has 12 heteroatoms. The van der Waals surface area contributed by atoms with Crippen molar-refractivity contribution < 1.29 is 14.4 Å². The number of benzene rings is 3. The predicted molar refractivity (Wildman–Crippen MR) is 220 cm³/mol. The van der Waals surface area contributed by atoms with Gasteiger partial charge in [0.2, 0.25) is 0 Å². The first-order valence-electron chi connectivity index (χ1n) is 19.6. The lowest BCUT2D eigenvalue weighted by Crippen LogP contribution is -2.35. The number of aromatic nitrogens is 6. The molecule has 0 saturated heterocycles. The van der Waals surface area contributed by atoms with Crippen LogP contribution in [0.15, 0.2) is 91.0 Å². The van der Waals surface area contributed by atoms with E-state index in [0.717, 1.165) is 17.1 Å². The fourth-order valence-corrected chi connectivity index (χ4v) is 7.77. The van der Waals surface area contributed by atoms with Crippen LogP contribution >= 0.6 is 0 Å². The Kier molecular flexibility index (Phi) is 10.7. The van der Waals surface area contributed by atoms with Gasteiger partial charge >= 0.3 is 0 Å². The van der Waals surface area contributed by atoms with Gasteiger partial charge in [-0.15, -0.1) is 0 Å².